The molecule has 1 heterocycles. The highest BCUT2D eigenvalue weighted by atomic mass is 79.9. The molecule has 3 nitrogen and oxygen atoms in total. The molecule has 0 aliphatic carbocycles. The maximum absolute atomic E-state index is 11.6. The highest BCUT2D eigenvalue weighted by Gasteiger charge is 2.21. The molecule has 0 spiro atoms. The molecule has 1 rings (SSSR count). The van der Waals surface area contributed by atoms with E-state index in [1.54, 1.807) is 18.5 Å². The fraction of sp³-hybridized carbons (Fsp3) is 0.455. The lowest BCUT2D eigenvalue weighted by Gasteiger charge is -2.16. The number of carbonyl (C=O) groups is 1. The van der Waals surface area contributed by atoms with Crippen molar-refractivity contribution in [3.8, 4) is 5.75 Å². The van der Waals surface area contributed by atoms with Crippen molar-refractivity contribution < 1.29 is 9.53 Å². The number of hydrogen-bond acceptors (Lipinski definition) is 3. The lowest BCUT2D eigenvalue weighted by Crippen LogP contribution is -2.26. The predicted molar refractivity (Wildman–Crippen MR) is 61.9 cm³/mol. The highest BCUT2D eigenvalue weighted by molar-refractivity contribution is 9.10. The summed E-state index contributed by atoms with van der Waals surface area (Å²) >= 11 is 3.28. The number of ether oxygens (including phenoxy) is 1. The van der Waals surface area contributed by atoms with Crippen molar-refractivity contribution in [2.75, 3.05) is 6.61 Å². The molecule has 0 fully saturated rings. The van der Waals surface area contributed by atoms with E-state index >= 15 is 0 Å². The molecule has 0 saturated carbocycles. The van der Waals surface area contributed by atoms with Crippen molar-refractivity contribution in [1.82, 2.24) is 4.98 Å². The van der Waals surface area contributed by atoms with E-state index in [9.17, 15) is 4.79 Å². The molecule has 0 aliphatic heterocycles. The SMILES string of the molecule is CC(C)(C)C(=O)COc1cncc(Br)c1. The largest absolute Gasteiger partial charge is 0.484 e. The summed E-state index contributed by atoms with van der Waals surface area (Å²) in [6.45, 7) is 5.70. The van der Waals surface area contributed by atoms with Crippen LogP contribution in [0.2, 0.25) is 0 Å². The molecule has 1 aromatic heterocycles. The minimum atomic E-state index is -0.362. The molecule has 1 aromatic rings. The Labute approximate surface area is 98.0 Å². The van der Waals surface area contributed by atoms with Gasteiger partial charge in [-0.25, -0.2) is 0 Å². The molecule has 0 saturated heterocycles. The summed E-state index contributed by atoms with van der Waals surface area (Å²) in [7, 11) is 0. The lowest BCUT2D eigenvalue weighted by atomic mass is 9.91. The molecule has 4 heteroatoms. The van der Waals surface area contributed by atoms with Gasteiger partial charge < -0.3 is 4.74 Å². The molecule has 0 atom stereocenters. The summed E-state index contributed by atoms with van der Waals surface area (Å²) in [5.74, 6) is 0.671. The topological polar surface area (TPSA) is 39.2 Å². The first-order chi connectivity index (χ1) is 6.89. The Morgan fingerprint density at radius 2 is 2.13 bits per heavy atom. The molecule has 0 radical (unpaired) electrons. The van der Waals surface area contributed by atoms with Gasteiger partial charge >= 0.3 is 0 Å². The van der Waals surface area contributed by atoms with Crippen LogP contribution in [0.3, 0.4) is 0 Å². The van der Waals surface area contributed by atoms with E-state index in [4.69, 9.17) is 4.74 Å². The maximum Gasteiger partial charge on any atom is 0.175 e. The Hall–Kier alpha value is -0.900. The zero-order valence-electron chi connectivity index (χ0n) is 9.08. The quantitative estimate of drug-likeness (QED) is 0.849. The van der Waals surface area contributed by atoms with Gasteiger partial charge in [-0.05, 0) is 22.0 Å². The average Bonchev–Trinajstić information content (AvgIpc) is 2.12. The average molecular weight is 272 g/mol. The minimum Gasteiger partial charge on any atom is -0.484 e. The number of carbonyl (C=O) groups excluding carboxylic acids is 1. The Morgan fingerprint density at radius 3 is 2.67 bits per heavy atom. The molecule has 0 aromatic carbocycles. The van der Waals surface area contributed by atoms with Crippen LogP contribution in [0.4, 0.5) is 0 Å². The highest BCUT2D eigenvalue weighted by Crippen LogP contribution is 2.18. The summed E-state index contributed by atoms with van der Waals surface area (Å²) < 4.78 is 6.17. The van der Waals surface area contributed by atoms with Gasteiger partial charge in [0, 0.05) is 16.1 Å². The van der Waals surface area contributed by atoms with Gasteiger partial charge in [0.15, 0.2) is 5.78 Å². The molecule has 0 amide bonds. The molecule has 82 valence electrons. The fourth-order valence-corrected chi connectivity index (χ4v) is 1.18. The van der Waals surface area contributed by atoms with Gasteiger partial charge in [-0.15, -0.1) is 0 Å². The number of halogens is 1. The Balaban J connectivity index is 2.55. The maximum atomic E-state index is 11.6. The smallest absolute Gasteiger partial charge is 0.175 e. The summed E-state index contributed by atoms with van der Waals surface area (Å²) in [6.07, 6.45) is 3.25. The number of ketones is 1. The second-order valence-electron chi connectivity index (χ2n) is 4.30. The van der Waals surface area contributed by atoms with E-state index in [1.165, 1.54) is 0 Å². The lowest BCUT2D eigenvalue weighted by molar-refractivity contribution is -0.128. The normalized spacial score (nSPS) is 11.2. The fourth-order valence-electron chi connectivity index (χ4n) is 0.837. The van der Waals surface area contributed by atoms with Crippen LogP contribution in [0.1, 0.15) is 20.8 Å². The summed E-state index contributed by atoms with van der Waals surface area (Å²) in [5.41, 5.74) is -0.362. The summed E-state index contributed by atoms with van der Waals surface area (Å²) in [4.78, 5) is 15.5. The third kappa shape index (κ3) is 4.00. The van der Waals surface area contributed by atoms with Gasteiger partial charge in [-0.2, -0.15) is 0 Å². The van der Waals surface area contributed by atoms with Crippen molar-refractivity contribution in [2.24, 2.45) is 5.41 Å². The molecule has 0 N–H and O–H groups in total. The number of nitrogens with zero attached hydrogens (tertiary/aromatic N) is 1. The van der Waals surface area contributed by atoms with Crippen LogP contribution in [-0.2, 0) is 4.79 Å². The van der Waals surface area contributed by atoms with Crippen LogP contribution in [-0.4, -0.2) is 17.4 Å². The molecule has 15 heavy (non-hydrogen) atoms. The van der Waals surface area contributed by atoms with Crippen molar-refractivity contribution in [3.63, 3.8) is 0 Å². The van der Waals surface area contributed by atoms with Gasteiger partial charge in [0.1, 0.15) is 12.4 Å². The van der Waals surface area contributed by atoms with Crippen molar-refractivity contribution in [1.29, 1.82) is 0 Å². The number of pyridine rings is 1. The third-order valence-electron chi connectivity index (χ3n) is 1.89. The van der Waals surface area contributed by atoms with E-state index in [2.05, 4.69) is 20.9 Å². The second kappa shape index (κ2) is 4.75. The van der Waals surface area contributed by atoms with Crippen LogP contribution in [0, 0.1) is 5.41 Å². The van der Waals surface area contributed by atoms with Crippen LogP contribution in [0.15, 0.2) is 22.9 Å². The van der Waals surface area contributed by atoms with Crippen molar-refractivity contribution in [2.45, 2.75) is 20.8 Å². The van der Waals surface area contributed by atoms with Gasteiger partial charge in [-0.3, -0.25) is 9.78 Å². The van der Waals surface area contributed by atoms with Gasteiger partial charge in [-0.1, -0.05) is 20.8 Å². The first-order valence-corrected chi connectivity index (χ1v) is 5.45. The molecule has 0 aliphatic rings. The number of Topliss-reactive ketones (excluding diaryl/α,β-unsaturated/α-hetero) is 1. The monoisotopic (exact) mass is 271 g/mol. The number of hydrogen-bond donors (Lipinski definition) is 0. The van der Waals surface area contributed by atoms with Crippen LogP contribution in [0.25, 0.3) is 0 Å². The molecular weight excluding hydrogens is 258 g/mol. The molecule has 0 unspecified atom stereocenters. The van der Waals surface area contributed by atoms with Crippen LogP contribution >= 0.6 is 15.9 Å². The van der Waals surface area contributed by atoms with E-state index in [1.807, 2.05) is 20.8 Å². The first kappa shape index (κ1) is 12.2. The van der Waals surface area contributed by atoms with E-state index in [0.717, 1.165) is 4.47 Å². The van der Waals surface area contributed by atoms with Crippen molar-refractivity contribution >= 4 is 21.7 Å². The van der Waals surface area contributed by atoms with E-state index in [-0.39, 0.29) is 17.8 Å². The number of rotatable bonds is 3. The van der Waals surface area contributed by atoms with Crippen LogP contribution < -0.4 is 4.74 Å². The number of aromatic nitrogens is 1. The summed E-state index contributed by atoms with van der Waals surface area (Å²) in [6, 6.07) is 1.78. The second-order valence-corrected chi connectivity index (χ2v) is 5.22. The van der Waals surface area contributed by atoms with E-state index < -0.39 is 0 Å². The van der Waals surface area contributed by atoms with Crippen molar-refractivity contribution in [3.05, 3.63) is 22.9 Å². The Morgan fingerprint density at radius 1 is 1.47 bits per heavy atom. The minimum absolute atomic E-state index is 0.0717. The zero-order valence-corrected chi connectivity index (χ0v) is 10.7. The first-order valence-electron chi connectivity index (χ1n) is 4.66. The Kier molecular flexibility index (Phi) is 3.85. The Bertz CT molecular complexity index is 358. The molecular formula is C11H14BrNO2. The van der Waals surface area contributed by atoms with Gasteiger partial charge in [0.2, 0.25) is 0 Å². The van der Waals surface area contributed by atoms with Crippen LogP contribution in [0.5, 0.6) is 5.75 Å². The van der Waals surface area contributed by atoms with E-state index in [0.29, 0.717) is 5.75 Å². The van der Waals surface area contributed by atoms with Gasteiger partial charge in [0.25, 0.3) is 0 Å². The third-order valence-corrected chi connectivity index (χ3v) is 2.32. The summed E-state index contributed by atoms with van der Waals surface area (Å²) in [5, 5.41) is 0. The van der Waals surface area contributed by atoms with Gasteiger partial charge in [0.05, 0.1) is 6.20 Å². The standard InChI is InChI=1S/C11H14BrNO2/c1-11(2,3)10(14)7-15-9-4-8(12)5-13-6-9/h4-6H,7H2,1-3H3. The predicted octanol–water partition coefficient (Wildman–Crippen LogP) is 2.84. The zero-order chi connectivity index (χ0) is 11.5. The molecule has 0 bridgehead atoms.